The standard InChI is InChI=1S/C24H16ClN3O2/c1-29-21-13-17-19(14-18(21)25)26-11-9-20(17)30-22-12-16-8-5-10-27-24(16)28-23(22)15-6-3-2-4-7-15/h2-14H,1H3. The van der Waals surface area contributed by atoms with Crippen molar-refractivity contribution in [3.63, 3.8) is 0 Å². The Balaban J connectivity index is 1.70. The van der Waals surface area contributed by atoms with Gasteiger partial charge in [0, 0.05) is 28.7 Å². The highest BCUT2D eigenvalue weighted by atomic mass is 35.5. The molecule has 6 heteroatoms. The first kappa shape index (κ1) is 18.3. The topological polar surface area (TPSA) is 57.1 Å². The minimum Gasteiger partial charge on any atom is -0.495 e. The SMILES string of the molecule is COc1cc2c(Oc3cc4cccnc4nc3-c3ccccc3)ccnc2cc1Cl. The van der Waals surface area contributed by atoms with Crippen LogP contribution in [0.5, 0.6) is 17.2 Å². The van der Waals surface area contributed by atoms with Crippen LogP contribution in [0.2, 0.25) is 5.02 Å². The van der Waals surface area contributed by atoms with E-state index in [0.717, 1.165) is 21.9 Å². The molecule has 146 valence electrons. The van der Waals surface area contributed by atoms with Crippen LogP contribution in [0.1, 0.15) is 0 Å². The summed E-state index contributed by atoms with van der Waals surface area (Å²) in [6, 6.07) is 21.1. The number of methoxy groups -OCH3 is 1. The van der Waals surface area contributed by atoms with Crippen LogP contribution in [0, 0.1) is 0 Å². The highest BCUT2D eigenvalue weighted by Crippen LogP contribution is 2.38. The first-order valence-corrected chi connectivity index (χ1v) is 9.72. The number of rotatable bonds is 4. The van der Waals surface area contributed by atoms with Crippen LogP contribution < -0.4 is 9.47 Å². The summed E-state index contributed by atoms with van der Waals surface area (Å²) < 4.78 is 11.8. The Morgan fingerprint density at radius 2 is 1.67 bits per heavy atom. The van der Waals surface area contributed by atoms with Crippen molar-refractivity contribution >= 4 is 33.5 Å². The van der Waals surface area contributed by atoms with Crippen molar-refractivity contribution in [1.82, 2.24) is 15.0 Å². The van der Waals surface area contributed by atoms with Crippen molar-refractivity contribution < 1.29 is 9.47 Å². The lowest BCUT2D eigenvalue weighted by atomic mass is 10.1. The molecular formula is C24H16ClN3O2. The zero-order valence-corrected chi connectivity index (χ0v) is 16.8. The zero-order chi connectivity index (χ0) is 20.5. The van der Waals surface area contributed by atoms with Crippen LogP contribution >= 0.6 is 11.6 Å². The van der Waals surface area contributed by atoms with Crippen LogP contribution in [0.25, 0.3) is 33.2 Å². The average molecular weight is 414 g/mol. The molecule has 0 saturated carbocycles. The van der Waals surface area contributed by atoms with E-state index in [1.807, 2.05) is 60.7 Å². The fraction of sp³-hybridized carbons (Fsp3) is 0.0417. The molecule has 5 nitrogen and oxygen atoms in total. The number of nitrogens with zero attached hydrogens (tertiary/aromatic N) is 3. The Kier molecular flexibility index (Phi) is 4.65. The van der Waals surface area contributed by atoms with Crippen molar-refractivity contribution in [3.05, 3.63) is 84.1 Å². The molecule has 5 aromatic rings. The highest BCUT2D eigenvalue weighted by Gasteiger charge is 2.15. The van der Waals surface area contributed by atoms with Crippen molar-refractivity contribution in [3.8, 4) is 28.5 Å². The van der Waals surface area contributed by atoms with Crippen LogP contribution in [0.3, 0.4) is 0 Å². The van der Waals surface area contributed by atoms with E-state index in [2.05, 4.69) is 9.97 Å². The van der Waals surface area contributed by atoms with Crippen molar-refractivity contribution in [1.29, 1.82) is 0 Å². The van der Waals surface area contributed by atoms with E-state index in [9.17, 15) is 0 Å². The third-order valence-electron chi connectivity index (χ3n) is 4.80. The maximum Gasteiger partial charge on any atom is 0.160 e. The lowest BCUT2D eigenvalue weighted by Crippen LogP contribution is -1.95. The fourth-order valence-electron chi connectivity index (χ4n) is 3.35. The van der Waals surface area contributed by atoms with Crippen LogP contribution in [0.15, 0.2) is 79.1 Å². The molecule has 0 radical (unpaired) electrons. The van der Waals surface area contributed by atoms with E-state index < -0.39 is 0 Å². The highest BCUT2D eigenvalue weighted by molar-refractivity contribution is 6.32. The molecule has 5 rings (SSSR count). The van der Waals surface area contributed by atoms with Gasteiger partial charge in [0.1, 0.15) is 17.2 Å². The number of hydrogen-bond acceptors (Lipinski definition) is 5. The Morgan fingerprint density at radius 3 is 2.50 bits per heavy atom. The molecule has 0 aliphatic rings. The summed E-state index contributed by atoms with van der Waals surface area (Å²) in [4.78, 5) is 13.6. The molecule has 0 spiro atoms. The summed E-state index contributed by atoms with van der Waals surface area (Å²) in [6.45, 7) is 0. The smallest absolute Gasteiger partial charge is 0.160 e. The van der Waals surface area contributed by atoms with Gasteiger partial charge in [0.25, 0.3) is 0 Å². The fourth-order valence-corrected chi connectivity index (χ4v) is 3.59. The lowest BCUT2D eigenvalue weighted by molar-refractivity contribution is 0.415. The van der Waals surface area contributed by atoms with Gasteiger partial charge in [-0.05, 0) is 36.4 Å². The molecular weight excluding hydrogens is 398 g/mol. The largest absolute Gasteiger partial charge is 0.495 e. The minimum absolute atomic E-state index is 0.498. The third kappa shape index (κ3) is 3.29. The molecule has 0 saturated heterocycles. The minimum atomic E-state index is 0.498. The second-order valence-electron chi connectivity index (χ2n) is 6.67. The van der Waals surface area contributed by atoms with E-state index in [-0.39, 0.29) is 0 Å². The molecule has 30 heavy (non-hydrogen) atoms. The average Bonchev–Trinajstić information content (AvgIpc) is 2.79. The number of fused-ring (bicyclic) bond motifs is 2. The molecule has 0 aliphatic carbocycles. The van der Waals surface area contributed by atoms with Gasteiger partial charge in [0.05, 0.1) is 17.6 Å². The van der Waals surface area contributed by atoms with E-state index in [1.165, 1.54) is 0 Å². The quantitative estimate of drug-likeness (QED) is 0.346. The molecule has 0 fully saturated rings. The summed E-state index contributed by atoms with van der Waals surface area (Å²) in [5.41, 5.74) is 3.04. The van der Waals surface area contributed by atoms with Gasteiger partial charge in [-0.1, -0.05) is 41.9 Å². The number of aromatic nitrogens is 3. The summed E-state index contributed by atoms with van der Waals surface area (Å²) in [5, 5.41) is 2.19. The van der Waals surface area contributed by atoms with E-state index in [4.69, 9.17) is 26.1 Å². The van der Waals surface area contributed by atoms with E-state index in [0.29, 0.717) is 33.6 Å². The first-order chi connectivity index (χ1) is 14.7. The molecule has 3 heterocycles. The van der Waals surface area contributed by atoms with Gasteiger partial charge in [-0.25, -0.2) is 9.97 Å². The predicted molar refractivity (Wildman–Crippen MR) is 118 cm³/mol. The third-order valence-corrected chi connectivity index (χ3v) is 5.09. The van der Waals surface area contributed by atoms with Gasteiger partial charge in [-0.15, -0.1) is 0 Å². The van der Waals surface area contributed by atoms with E-state index >= 15 is 0 Å². The summed E-state index contributed by atoms with van der Waals surface area (Å²) >= 11 is 6.26. The number of hydrogen-bond donors (Lipinski definition) is 0. The number of halogens is 1. The summed E-state index contributed by atoms with van der Waals surface area (Å²) in [5.74, 6) is 1.83. The summed E-state index contributed by atoms with van der Waals surface area (Å²) in [7, 11) is 1.58. The second kappa shape index (κ2) is 7.61. The Hall–Kier alpha value is -3.70. The molecule has 0 atom stereocenters. The first-order valence-electron chi connectivity index (χ1n) is 9.34. The number of ether oxygens (including phenoxy) is 2. The zero-order valence-electron chi connectivity index (χ0n) is 16.0. The Morgan fingerprint density at radius 1 is 0.800 bits per heavy atom. The maximum absolute atomic E-state index is 6.40. The number of benzene rings is 2. The van der Waals surface area contributed by atoms with Gasteiger partial charge >= 0.3 is 0 Å². The summed E-state index contributed by atoms with van der Waals surface area (Å²) in [6.07, 6.45) is 3.43. The van der Waals surface area contributed by atoms with Gasteiger partial charge < -0.3 is 9.47 Å². The molecule has 0 bridgehead atoms. The van der Waals surface area contributed by atoms with Gasteiger partial charge in [-0.3, -0.25) is 4.98 Å². The van der Waals surface area contributed by atoms with Gasteiger partial charge in [0.15, 0.2) is 11.4 Å². The Labute approximate surface area is 177 Å². The molecule has 0 amide bonds. The van der Waals surface area contributed by atoms with Crippen LogP contribution in [-0.4, -0.2) is 22.1 Å². The molecule has 0 aliphatic heterocycles. The second-order valence-corrected chi connectivity index (χ2v) is 7.07. The van der Waals surface area contributed by atoms with Crippen molar-refractivity contribution in [2.24, 2.45) is 0 Å². The molecule has 3 aromatic heterocycles. The van der Waals surface area contributed by atoms with Crippen molar-refractivity contribution in [2.75, 3.05) is 7.11 Å². The molecule has 2 aromatic carbocycles. The van der Waals surface area contributed by atoms with Crippen molar-refractivity contribution in [2.45, 2.75) is 0 Å². The van der Waals surface area contributed by atoms with Crippen LogP contribution in [0.4, 0.5) is 0 Å². The number of pyridine rings is 3. The monoisotopic (exact) mass is 413 g/mol. The van der Waals surface area contributed by atoms with Crippen LogP contribution in [-0.2, 0) is 0 Å². The van der Waals surface area contributed by atoms with Gasteiger partial charge in [-0.2, -0.15) is 0 Å². The van der Waals surface area contributed by atoms with Gasteiger partial charge in [0.2, 0.25) is 0 Å². The lowest BCUT2D eigenvalue weighted by Gasteiger charge is -2.14. The molecule has 0 N–H and O–H groups in total. The molecule has 0 unspecified atom stereocenters. The maximum atomic E-state index is 6.40. The van der Waals surface area contributed by atoms with E-state index in [1.54, 1.807) is 25.6 Å². The Bertz CT molecular complexity index is 1370. The normalized spacial score (nSPS) is 11.0. The predicted octanol–water partition coefficient (Wildman–Crippen LogP) is 6.30.